The van der Waals surface area contributed by atoms with Crippen molar-refractivity contribution in [1.82, 2.24) is 15.4 Å². The van der Waals surface area contributed by atoms with Crippen LogP contribution in [0.25, 0.3) is 11.0 Å². The van der Waals surface area contributed by atoms with Crippen LogP contribution in [0.4, 0.5) is 5.69 Å². The summed E-state index contributed by atoms with van der Waals surface area (Å²) in [6.07, 6.45) is 0. The second kappa shape index (κ2) is 5.10. The maximum Gasteiger partial charge on any atom is 0.255 e. The highest BCUT2D eigenvalue weighted by Gasteiger charge is 2.10. The number of hydrogen-bond acceptors (Lipinski definition) is 4. The summed E-state index contributed by atoms with van der Waals surface area (Å²) >= 11 is 0. The van der Waals surface area contributed by atoms with Crippen molar-refractivity contribution in [3.63, 3.8) is 0 Å². The molecule has 0 radical (unpaired) electrons. The summed E-state index contributed by atoms with van der Waals surface area (Å²) in [6.45, 7) is 0.458. The summed E-state index contributed by atoms with van der Waals surface area (Å²) in [5.74, 6) is -0.191. The first-order valence-electron chi connectivity index (χ1n) is 6.18. The minimum Gasteiger partial charge on any atom is -0.326 e. The molecular weight excluding hydrogens is 254 g/mol. The minimum absolute atomic E-state index is 0.191. The summed E-state index contributed by atoms with van der Waals surface area (Å²) in [4.78, 5) is 12.2. The zero-order chi connectivity index (χ0) is 13.9. The molecule has 0 aliphatic rings. The number of carbonyl (C=O) groups is 1. The van der Waals surface area contributed by atoms with E-state index in [1.807, 2.05) is 24.3 Å². The molecule has 0 saturated carbocycles. The van der Waals surface area contributed by atoms with Crippen LogP contribution in [0.1, 0.15) is 15.9 Å². The molecule has 0 aliphatic carbocycles. The van der Waals surface area contributed by atoms with Gasteiger partial charge in [-0.1, -0.05) is 18.2 Å². The summed E-state index contributed by atoms with van der Waals surface area (Å²) in [7, 11) is 0. The molecule has 3 rings (SSSR count). The van der Waals surface area contributed by atoms with E-state index < -0.39 is 0 Å². The zero-order valence-electron chi connectivity index (χ0n) is 10.6. The molecule has 1 amide bonds. The van der Waals surface area contributed by atoms with Crippen molar-refractivity contribution in [2.24, 2.45) is 5.73 Å². The smallest absolute Gasteiger partial charge is 0.255 e. The third-order valence-electron chi connectivity index (χ3n) is 3.05. The lowest BCUT2D eigenvalue weighted by atomic mass is 10.1. The number of nitrogens with one attached hydrogen (secondary N) is 2. The SMILES string of the molecule is NCc1ccc(C(=O)Nc2cccc3n[nH]nc23)cc1. The maximum atomic E-state index is 12.2. The topological polar surface area (TPSA) is 96.7 Å². The molecule has 0 saturated heterocycles. The fourth-order valence-corrected chi connectivity index (χ4v) is 1.96. The number of rotatable bonds is 3. The van der Waals surface area contributed by atoms with Crippen LogP contribution in [0.2, 0.25) is 0 Å². The Morgan fingerprint density at radius 3 is 2.70 bits per heavy atom. The number of aromatic nitrogens is 3. The largest absolute Gasteiger partial charge is 0.326 e. The maximum absolute atomic E-state index is 12.2. The molecule has 20 heavy (non-hydrogen) atoms. The monoisotopic (exact) mass is 267 g/mol. The van der Waals surface area contributed by atoms with E-state index in [-0.39, 0.29) is 5.91 Å². The molecule has 6 heteroatoms. The number of carbonyl (C=O) groups excluding carboxylic acids is 1. The fraction of sp³-hybridized carbons (Fsp3) is 0.0714. The molecule has 3 aromatic rings. The van der Waals surface area contributed by atoms with Gasteiger partial charge >= 0.3 is 0 Å². The van der Waals surface area contributed by atoms with Crippen molar-refractivity contribution in [3.05, 3.63) is 53.6 Å². The van der Waals surface area contributed by atoms with Crippen LogP contribution >= 0.6 is 0 Å². The lowest BCUT2D eigenvalue weighted by molar-refractivity contribution is 0.102. The van der Waals surface area contributed by atoms with Crippen LogP contribution in [-0.2, 0) is 6.54 Å². The fourth-order valence-electron chi connectivity index (χ4n) is 1.96. The predicted octanol–water partition coefficient (Wildman–Crippen LogP) is 1.67. The Bertz CT molecular complexity index is 748. The molecular formula is C14H13N5O. The van der Waals surface area contributed by atoms with Crippen LogP contribution in [-0.4, -0.2) is 21.3 Å². The van der Waals surface area contributed by atoms with Gasteiger partial charge in [0.15, 0.2) is 0 Å². The number of aromatic amines is 1. The molecule has 0 unspecified atom stereocenters. The quantitative estimate of drug-likeness (QED) is 0.672. The van der Waals surface area contributed by atoms with Gasteiger partial charge in [-0.2, -0.15) is 15.4 Å². The Morgan fingerprint density at radius 2 is 1.95 bits per heavy atom. The highest BCUT2D eigenvalue weighted by atomic mass is 16.1. The Hall–Kier alpha value is -2.73. The summed E-state index contributed by atoms with van der Waals surface area (Å²) in [5, 5.41) is 13.4. The second-order valence-corrected chi connectivity index (χ2v) is 4.35. The number of H-pyrrole nitrogens is 1. The van der Waals surface area contributed by atoms with E-state index in [0.717, 1.165) is 5.56 Å². The Balaban J connectivity index is 1.86. The van der Waals surface area contributed by atoms with E-state index in [1.165, 1.54) is 0 Å². The summed E-state index contributed by atoms with van der Waals surface area (Å²) < 4.78 is 0. The molecule has 0 aliphatic heterocycles. The minimum atomic E-state index is -0.191. The van der Waals surface area contributed by atoms with Gasteiger partial charge in [0.1, 0.15) is 11.0 Å². The van der Waals surface area contributed by atoms with Crippen molar-refractivity contribution in [2.45, 2.75) is 6.54 Å². The first-order chi connectivity index (χ1) is 9.78. The third kappa shape index (κ3) is 2.24. The standard InChI is InChI=1S/C14H13N5O/c15-8-9-4-6-10(7-5-9)14(20)16-11-2-1-3-12-13(11)18-19-17-12/h1-7H,8,15H2,(H,16,20)(H,17,18,19). The molecule has 6 nitrogen and oxygen atoms in total. The van der Waals surface area contributed by atoms with E-state index in [0.29, 0.717) is 28.8 Å². The van der Waals surface area contributed by atoms with Crippen molar-refractivity contribution in [1.29, 1.82) is 0 Å². The van der Waals surface area contributed by atoms with Crippen LogP contribution in [0.15, 0.2) is 42.5 Å². The average molecular weight is 267 g/mol. The molecule has 0 fully saturated rings. The van der Waals surface area contributed by atoms with Gasteiger partial charge < -0.3 is 11.1 Å². The number of para-hydroxylation sites is 1. The van der Waals surface area contributed by atoms with Gasteiger partial charge in [0.2, 0.25) is 0 Å². The van der Waals surface area contributed by atoms with Crippen molar-refractivity contribution in [3.8, 4) is 0 Å². The normalized spacial score (nSPS) is 10.7. The summed E-state index contributed by atoms with van der Waals surface area (Å²) in [5.41, 5.74) is 9.07. The van der Waals surface area contributed by atoms with Crippen LogP contribution < -0.4 is 11.1 Å². The molecule has 2 aromatic carbocycles. The molecule has 0 bridgehead atoms. The number of hydrogen-bond donors (Lipinski definition) is 3. The van der Waals surface area contributed by atoms with E-state index in [2.05, 4.69) is 20.7 Å². The Labute approximate surface area is 115 Å². The summed E-state index contributed by atoms with van der Waals surface area (Å²) in [6, 6.07) is 12.6. The van der Waals surface area contributed by atoms with Gasteiger partial charge in [0, 0.05) is 12.1 Å². The first-order valence-corrected chi connectivity index (χ1v) is 6.18. The lowest BCUT2D eigenvalue weighted by Crippen LogP contribution is -2.12. The molecule has 1 aromatic heterocycles. The molecule has 0 atom stereocenters. The van der Waals surface area contributed by atoms with E-state index in [4.69, 9.17) is 5.73 Å². The van der Waals surface area contributed by atoms with Crippen LogP contribution in [0.5, 0.6) is 0 Å². The van der Waals surface area contributed by atoms with Crippen molar-refractivity contribution in [2.75, 3.05) is 5.32 Å². The second-order valence-electron chi connectivity index (χ2n) is 4.35. The van der Waals surface area contributed by atoms with Crippen LogP contribution in [0, 0.1) is 0 Å². The Kier molecular flexibility index (Phi) is 3.14. The lowest BCUT2D eigenvalue weighted by Gasteiger charge is -2.06. The number of amides is 1. The van der Waals surface area contributed by atoms with E-state index in [9.17, 15) is 4.79 Å². The van der Waals surface area contributed by atoms with E-state index >= 15 is 0 Å². The number of benzene rings is 2. The number of nitrogens with zero attached hydrogens (tertiary/aromatic N) is 2. The highest BCUT2D eigenvalue weighted by molar-refractivity contribution is 6.07. The zero-order valence-corrected chi connectivity index (χ0v) is 10.6. The van der Waals surface area contributed by atoms with Crippen LogP contribution in [0.3, 0.4) is 0 Å². The van der Waals surface area contributed by atoms with Gasteiger partial charge in [-0.25, -0.2) is 0 Å². The first kappa shape index (κ1) is 12.3. The number of anilines is 1. The molecule has 0 spiro atoms. The number of nitrogens with two attached hydrogens (primary N) is 1. The number of fused-ring (bicyclic) bond motifs is 1. The highest BCUT2D eigenvalue weighted by Crippen LogP contribution is 2.19. The van der Waals surface area contributed by atoms with Gasteiger partial charge in [-0.3, -0.25) is 4.79 Å². The Morgan fingerprint density at radius 1 is 1.15 bits per heavy atom. The molecule has 1 heterocycles. The predicted molar refractivity (Wildman–Crippen MR) is 76.2 cm³/mol. The average Bonchev–Trinajstić information content (AvgIpc) is 2.97. The van der Waals surface area contributed by atoms with Gasteiger partial charge in [0.25, 0.3) is 5.91 Å². The van der Waals surface area contributed by atoms with Crippen molar-refractivity contribution < 1.29 is 4.79 Å². The van der Waals surface area contributed by atoms with Gasteiger partial charge in [-0.15, -0.1) is 0 Å². The van der Waals surface area contributed by atoms with Gasteiger partial charge in [0.05, 0.1) is 5.69 Å². The van der Waals surface area contributed by atoms with E-state index in [1.54, 1.807) is 18.2 Å². The molecule has 100 valence electrons. The molecule has 4 N–H and O–H groups in total. The van der Waals surface area contributed by atoms with Crippen molar-refractivity contribution >= 4 is 22.6 Å². The third-order valence-corrected chi connectivity index (χ3v) is 3.05. The van der Waals surface area contributed by atoms with Gasteiger partial charge in [-0.05, 0) is 29.8 Å².